The van der Waals surface area contributed by atoms with Gasteiger partial charge in [0.1, 0.15) is 0 Å². The third-order valence-electron chi connectivity index (χ3n) is 7.02. The van der Waals surface area contributed by atoms with Crippen LogP contribution in [0.1, 0.15) is 24.3 Å². The first kappa shape index (κ1) is 24.7. The highest BCUT2D eigenvalue weighted by Gasteiger charge is 2.30. The number of piperazine rings is 1. The van der Waals surface area contributed by atoms with Crippen molar-refractivity contribution in [2.45, 2.75) is 19.4 Å². The summed E-state index contributed by atoms with van der Waals surface area (Å²) >= 11 is 5.96. The number of rotatable bonds is 7. The van der Waals surface area contributed by atoms with Crippen molar-refractivity contribution in [2.75, 3.05) is 45.8 Å². The fourth-order valence-electron chi connectivity index (χ4n) is 4.88. The highest BCUT2D eigenvalue weighted by atomic mass is 35.5. The molecule has 0 unspecified atom stereocenters. The minimum Gasteiger partial charge on any atom is -0.340 e. The predicted octanol–water partition coefficient (Wildman–Crippen LogP) is 4.46. The highest BCUT2D eigenvalue weighted by Crippen LogP contribution is 2.23. The summed E-state index contributed by atoms with van der Waals surface area (Å²) in [6.07, 6.45) is 6.12. The zero-order valence-electron chi connectivity index (χ0n) is 20.4. The molecule has 0 spiro atoms. The Balaban J connectivity index is 1.03. The van der Waals surface area contributed by atoms with Crippen LogP contribution in [0, 0.1) is 5.92 Å². The van der Waals surface area contributed by atoms with E-state index in [9.17, 15) is 4.79 Å². The molecule has 3 heterocycles. The smallest absolute Gasteiger partial charge is 0.241 e. The van der Waals surface area contributed by atoms with Gasteiger partial charge in [0.25, 0.3) is 0 Å². The van der Waals surface area contributed by atoms with Crippen LogP contribution in [0.3, 0.4) is 0 Å². The summed E-state index contributed by atoms with van der Waals surface area (Å²) in [5.41, 5.74) is 2.10. The first-order chi connectivity index (χ1) is 17.6. The van der Waals surface area contributed by atoms with Crippen molar-refractivity contribution < 1.29 is 9.32 Å². The maximum Gasteiger partial charge on any atom is 0.241 e. The first-order valence-electron chi connectivity index (χ1n) is 12.7. The second kappa shape index (κ2) is 11.8. The fourth-order valence-corrected chi connectivity index (χ4v) is 5.00. The zero-order chi connectivity index (χ0) is 24.7. The molecule has 7 nitrogen and oxygen atoms in total. The minimum atomic E-state index is 0.109. The van der Waals surface area contributed by atoms with Crippen molar-refractivity contribution >= 4 is 23.6 Å². The molecule has 2 aliphatic rings. The standard InChI is InChI=1S/C28H32ClN5O2/c29-25-10-8-23(9-11-25)27-30-26(36-31-27)21-33-15-12-24(13-16-33)28(35)34-19-17-32(18-20-34)14-4-7-22-5-2-1-3-6-22/h1-11,24H,12-21H2/b7-4+. The van der Waals surface area contributed by atoms with Crippen molar-refractivity contribution in [3.05, 3.63) is 77.2 Å². The molecular formula is C28H32ClN5O2. The lowest BCUT2D eigenvalue weighted by Crippen LogP contribution is -2.51. The molecule has 2 aromatic carbocycles. The number of amides is 1. The molecule has 0 radical (unpaired) electrons. The SMILES string of the molecule is O=C(C1CCN(Cc2nc(-c3ccc(Cl)cc3)no2)CC1)N1CCN(C/C=C/c2ccccc2)CC1. The van der Waals surface area contributed by atoms with Crippen molar-refractivity contribution in [1.29, 1.82) is 0 Å². The number of halogens is 1. The van der Waals surface area contributed by atoms with E-state index < -0.39 is 0 Å². The number of likely N-dealkylation sites (tertiary alicyclic amines) is 1. The van der Waals surface area contributed by atoms with Gasteiger partial charge in [-0.2, -0.15) is 4.98 Å². The summed E-state index contributed by atoms with van der Waals surface area (Å²) in [4.78, 5) is 24.4. The zero-order valence-corrected chi connectivity index (χ0v) is 21.2. The molecule has 36 heavy (non-hydrogen) atoms. The average molecular weight is 506 g/mol. The fraction of sp³-hybridized carbons (Fsp3) is 0.393. The summed E-state index contributed by atoms with van der Waals surface area (Å²) in [7, 11) is 0. The lowest BCUT2D eigenvalue weighted by Gasteiger charge is -2.38. The van der Waals surface area contributed by atoms with E-state index in [1.807, 2.05) is 30.3 Å². The van der Waals surface area contributed by atoms with Gasteiger partial charge in [-0.1, -0.05) is 59.2 Å². The molecule has 1 amide bonds. The molecule has 0 atom stereocenters. The molecule has 2 saturated heterocycles. The van der Waals surface area contributed by atoms with Gasteiger partial charge in [0, 0.05) is 49.2 Å². The Morgan fingerprint density at radius 1 is 0.944 bits per heavy atom. The molecule has 2 aliphatic heterocycles. The Labute approximate surface area is 217 Å². The second-order valence-corrected chi connectivity index (χ2v) is 9.94. The van der Waals surface area contributed by atoms with Gasteiger partial charge in [0.2, 0.25) is 17.6 Å². The monoisotopic (exact) mass is 505 g/mol. The van der Waals surface area contributed by atoms with E-state index in [1.54, 1.807) is 0 Å². The predicted molar refractivity (Wildman–Crippen MR) is 141 cm³/mol. The number of hydrogen-bond donors (Lipinski definition) is 0. The summed E-state index contributed by atoms with van der Waals surface area (Å²) in [6, 6.07) is 17.8. The average Bonchev–Trinajstić information content (AvgIpc) is 3.38. The molecule has 188 valence electrons. The van der Waals surface area contributed by atoms with Crippen LogP contribution in [-0.2, 0) is 11.3 Å². The maximum atomic E-state index is 13.1. The molecule has 0 N–H and O–H groups in total. The van der Waals surface area contributed by atoms with Gasteiger partial charge in [-0.25, -0.2) is 0 Å². The van der Waals surface area contributed by atoms with E-state index in [4.69, 9.17) is 16.1 Å². The summed E-state index contributed by atoms with van der Waals surface area (Å²) in [5, 5.41) is 4.78. The van der Waals surface area contributed by atoms with E-state index in [0.717, 1.165) is 64.2 Å². The van der Waals surface area contributed by atoms with Crippen LogP contribution < -0.4 is 0 Å². The van der Waals surface area contributed by atoms with Gasteiger partial charge >= 0.3 is 0 Å². The van der Waals surface area contributed by atoms with E-state index in [1.165, 1.54) is 5.56 Å². The lowest BCUT2D eigenvalue weighted by molar-refractivity contribution is -0.138. The van der Waals surface area contributed by atoms with Gasteiger partial charge in [0.15, 0.2) is 0 Å². The third-order valence-corrected chi connectivity index (χ3v) is 7.28. The molecule has 0 bridgehead atoms. The van der Waals surface area contributed by atoms with Crippen molar-refractivity contribution in [3.8, 4) is 11.4 Å². The van der Waals surface area contributed by atoms with Gasteiger partial charge in [-0.3, -0.25) is 14.6 Å². The Morgan fingerprint density at radius 2 is 1.67 bits per heavy atom. The number of benzene rings is 2. The van der Waals surface area contributed by atoms with Crippen molar-refractivity contribution in [2.24, 2.45) is 5.92 Å². The summed E-state index contributed by atoms with van der Waals surface area (Å²) in [5.74, 6) is 1.60. The Bertz CT molecular complexity index is 1150. The number of nitrogens with zero attached hydrogens (tertiary/aromatic N) is 5. The maximum absolute atomic E-state index is 13.1. The first-order valence-corrected chi connectivity index (χ1v) is 13.1. The second-order valence-electron chi connectivity index (χ2n) is 9.51. The van der Waals surface area contributed by atoms with E-state index in [-0.39, 0.29) is 5.92 Å². The van der Waals surface area contributed by atoms with Crippen LogP contribution in [0.5, 0.6) is 0 Å². The molecule has 2 fully saturated rings. The van der Waals surface area contributed by atoms with Crippen LogP contribution in [0.25, 0.3) is 17.5 Å². The molecule has 8 heteroatoms. The molecule has 1 aromatic heterocycles. The van der Waals surface area contributed by atoms with E-state index >= 15 is 0 Å². The molecular weight excluding hydrogens is 474 g/mol. The third kappa shape index (κ3) is 6.40. The van der Waals surface area contributed by atoms with Gasteiger partial charge < -0.3 is 9.42 Å². The van der Waals surface area contributed by atoms with Crippen molar-refractivity contribution in [1.82, 2.24) is 24.8 Å². The highest BCUT2D eigenvalue weighted by molar-refractivity contribution is 6.30. The lowest BCUT2D eigenvalue weighted by atomic mass is 9.95. The van der Waals surface area contributed by atoms with Crippen LogP contribution in [0.2, 0.25) is 5.02 Å². The van der Waals surface area contributed by atoms with Crippen LogP contribution in [0.15, 0.2) is 65.2 Å². The molecule has 0 saturated carbocycles. The molecule has 3 aromatic rings. The summed E-state index contributed by atoms with van der Waals surface area (Å²) in [6.45, 7) is 6.73. The quantitative estimate of drug-likeness (QED) is 0.472. The molecule has 5 rings (SSSR count). The van der Waals surface area contributed by atoms with Gasteiger partial charge in [-0.05, 0) is 55.8 Å². The number of carbonyl (C=O) groups excluding carboxylic acids is 1. The Hall–Kier alpha value is -3.00. The minimum absolute atomic E-state index is 0.109. The summed E-state index contributed by atoms with van der Waals surface area (Å²) < 4.78 is 5.46. The Kier molecular flexibility index (Phi) is 8.11. The van der Waals surface area contributed by atoms with Crippen molar-refractivity contribution in [3.63, 3.8) is 0 Å². The normalized spacial score (nSPS) is 18.2. The number of aromatic nitrogens is 2. The number of piperidine rings is 1. The van der Waals surface area contributed by atoms with Crippen LogP contribution >= 0.6 is 11.6 Å². The van der Waals surface area contributed by atoms with Crippen LogP contribution in [0.4, 0.5) is 0 Å². The van der Waals surface area contributed by atoms with Crippen LogP contribution in [-0.4, -0.2) is 76.6 Å². The van der Waals surface area contributed by atoms with Gasteiger partial charge in [-0.15, -0.1) is 0 Å². The van der Waals surface area contributed by atoms with E-state index in [0.29, 0.717) is 29.2 Å². The number of hydrogen-bond acceptors (Lipinski definition) is 6. The van der Waals surface area contributed by atoms with Gasteiger partial charge in [0.05, 0.1) is 6.54 Å². The molecule has 0 aliphatic carbocycles. The topological polar surface area (TPSA) is 65.7 Å². The number of carbonyl (C=O) groups is 1. The largest absolute Gasteiger partial charge is 0.340 e. The Morgan fingerprint density at radius 3 is 2.39 bits per heavy atom. The van der Waals surface area contributed by atoms with E-state index in [2.05, 4.69) is 61.3 Å².